The smallest absolute Gasteiger partial charge is 0.336 e. The largest absolute Gasteiger partial charge is 0.497 e. The van der Waals surface area contributed by atoms with Crippen LogP contribution < -0.4 is 9.46 Å². The topological polar surface area (TPSA) is 92.7 Å². The van der Waals surface area contributed by atoms with E-state index >= 15 is 0 Å². The lowest BCUT2D eigenvalue weighted by Gasteiger charge is -2.11. The Morgan fingerprint density at radius 1 is 1.07 bits per heavy atom. The van der Waals surface area contributed by atoms with E-state index in [9.17, 15) is 22.7 Å². The van der Waals surface area contributed by atoms with Gasteiger partial charge in [-0.25, -0.2) is 17.6 Å². The molecule has 150 valence electrons. The minimum Gasteiger partial charge on any atom is -0.497 e. The molecule has 0 aromatic heterocycles. The minimum atomic E-state index is -4.09. The minimum absolute atomic E-state index is 0.0403. The number of hydrogen-bond donors (Lipinski definition) is 2. The molecule has 6 nitrogen and oxygen atoms in total. The summed E-state index contributed by atoms with van der Waals surface area (Å²) in [5.41, 5.74) is -0.119. The Morgan fingerprint density at radius 3 is 2.41 bits per heavy atom. The lowest BCUT2D eigenvalue weighted by atomic mass is 10.2. The Hall–Kier alpha value is -3.04. The summed E-state index contributed by atoms with van der Waals surface area (Å²) in [6.45, 7) is 0. The number of halogens is 1. The van der Waals surface area contributed by atoms with E-state index in [1.807, 2.05) is 0 Å². The summed E-state index contributed by atoms with van der Waals surface area (Å²) >= 11 is 1.19. The summed E-state index contributed by atoms with van der Waals surface area (Å²) in [6.07, 6.45) is 0. The van der Waals surface area contributed by atoms with Crippen molar-refractivity contribution in [2.24, 2.45) is 0 Å². The molecule has 0 aliphatic rings. The van der Waals surface area contributed by atoms with Crippen molar-refractivity contribution in [1.29, 1.82) is 0 Å². The predicted molar refractivity (Wildman–Crippen MR) is 108 cm³/mol. The zero-order chi connectivity index (χ0) is 21.0. The lowest BCUT2D eigenvalue weighted by Crippen LogP contribution is -2.14. The Morgan fingerprint density at radius 2 is 1.79 bits per heavy atom. The second-order valence-electron chi connectivity index (χ2n) is 5.86. The molecule has 0 radical (unpaired) electrons. The highest BCUT2D eigenvalue weighted by Crippen LogP contribution is 2.33. The summed E-state index contributed by atoms with van der Waals surface area (Å²) in [5, 5.41) is 9.54. The molecular weight excluding hydrogens is 417 g/mol. The van der Waals surface area contributed by atoms with Gasteiger partial charge < -0.3 is 9.84 Å². The molecule has 0 saturated heterocycles. The Kier molecular flexibility index (Phi) is 6.09. The van der Waals surface area contributed by atoms with Crippen LogP contribution in [0.4, 0.5) is 10.1 Å². The predicted octanol–water partition coefficient (Wildman–Crippen LogP) is 4.48. The third-order valence-electron chi connectivity index (χ3n) is 3.86. The quantitative estimate of drug-likeness (QED) is 0.571. The van der Waals surface area contributed by atoms with E-state index in [0.717, 1.165) is 17.0 Å². The van der Waals surface area contributed by atoms with Crippen LogP contribution in [0.25, 0.3) is 0 Å². The maximum atomic E-state index is 13.3. The zero-order valence-corrected chi connectivity index (χ0v) is 16.8. The van der Waals surface area contributed by atoms with Crippen molar-refractivity contribution in [3.05, 3.63) is 78.1 Å². The number of ether oxygens (including phenoxy) is 1. The van der Waals surface area contributed by atoms with Gasteiger partial charge in [0.1, 0.15) is 11.6 Å². The number of benzene rings is 3. The van der Waals surface area contributed by atoms with Crippen LogP contribution >= 0.6 is 11.8 Å². The van der Waals surface area contributed by atoms with Crippen LogP contribution in [0, 0.1) is 5.82 Å². The molecule has 0 saturated carbocycles. The molecule has 3 aromatic carbocycles. The molecule has 0 unspecified atom stereocenters. The highest BCUT2D eigenvalue weighted by molar-refractivity contribution is 7.99. The van der Waals surface area contributed by atoms with Crippen LogP contribution in [0.5, 0.6) is 5.75 Å². The number of hydrogen-bond acceptors (Lipinski definition) is 5. The fourth-order valence-corrected chi connectivity index (χ4v) is 4.46. The standard InChI is InChI=1S/C20H16FNO5S2/c1-27-15-5-7-16(8-6-15)28-19-10-9-17(12-18(19)20(23)24)29(25,26)22-14-4-2-3-13(21)11-14/h2-12,22H,1H3,(H,23,24). The maximum Gasteiger partial charge on any atom is 0.336 e. The summed E-state index contributed by atoms with van der Waals surface area (Å²) < 4.78 is 45.8. The van der Waals surface area contributed by atoms with Gasteiger partial charge >= 0.3 is 5.97 Å². The Bertz CT molecular complexity index is 1150. The van der Waals surface area contributed by atoms with E-state index in [0.29, 0.717) is 10.6 Å². The van der Waals surface area contributed by atoms with Crippen molar-refractivity contribution in [3.8, 4) is 5.75 Å². The molecular formula is C20H16FNO5S2. The molecule has 0 heterocycles. The molecule has 29 heavy (non-hydrogen) atoms. The second kappa shape index (κ2) is 8.54. The molecule has 3 rings (SSSR count). The second-order valence-corrected chi connectivity index (χ2v) is 8.65. The van der Waals surface area contributed by atoms with E-state index in [4.69, 9.17) is 4.74 Å². The van der Waals surface area contributed by atoms with Crippen molar-refractivity contribution in [2.45, 2.75) is 14.7 Å². The Balaban J connectivity index is 1.91. The van der Waals surface area contributed by atoms with E-state index in [1.165, 1.54) is 42.1 Å². The summed E-state index contributed by atoms with van der Waals surface area (Å²) in [5.74, 6) is -1.19. The van der Waals surface area contributed by atoms with Gasteiger partial charge in [0, 0.05) is 9.79 Å². The number of aromatic carboxylic acids is 1. The average molecular weight is 433 g/mol. The summed E-state index contributed by atoms with van der Waals surface area (Å²) in [4.78, 5) is 12.6. The van der Waals surface area contributed by atoms with Crippen molar-refractivity contribution in [3.63, 3.8) is 0 Å². The first-order valence-corrected chi connectivity index (χ1v) is 10.6. The van der Waals surface area contributed by atoms with E-state index in [2.05, 4.69) is 4.72 Å². The van der Waals surface area contributed by atoms with Gasteiger partial charge in [-0.3, -0.25) is 4.72 Å². The average Bonchev–Trinajstić information content (AvgIpc) is 2.68. The van der Waals surface area contributed by atoms with E-state index in [-0.39, 0.29) is 16.1 Å². The molecule has 0 bridgehead atoms. The fourth-order valence-electron chi connectivity index (χ4n) is 2.47. The summed E-state index contributed by atoms with van der Waals surface area (Å²) in [6, 6.07) is 15.8. The van der Waals surface area contributed by atoms with Gasteiger partial charge in [0.25, 0.3) is 10.0 Å². The summed E-state index contributed by atoms with van der Waals surface area (Å²) in [7, 11) is -2.55. The first-order valence-electron chi connectivity index (χ1n) is 8.26. The number of carboxylic acids is 1. The van der Waals surface area contributed by atoms with E-state index in [1.54, 1.807) is 31.4 Å². The highest BCUT2D eigenvalue weighted by Gasteiger charge is 2.20. The normalized spacial score (nSPS) is 11.1. The Labute approximate surface area is 171 Å². The van der Waals surface area contributed by atoms with Gasteiger partial charge in [0.15, 0.2) is 0 Å². The fraction of sp³-hybridized carbons (Fsp3) is 0.0500. The van der Waals surface area contributed by atoms with Gasteiger partial charge in [0.05, 0.1) is 23.3 Å². The van der Waals surface area contributed by atoms with Crippen LogP contribution in [-0.4, -0.2) is 26.6 Å². The first-order chi connectivity index (χ1) is 13.8. The zero-order valence-electron chi connectivity index (χ0n) is 15.1. The van der Waals surface area contributed by atoms with Crippen molar-refractivity contribution >= 4 is 33.4 Å². The van der Waals surface area contributed by atoms with Gasteiger partial charge in [-0.05, 0) is 60.7 Å². The van der Waals surface area contributed by atoms with E-state index < -0.39 is 21.8 Å². The molecule has 0 aliphatic heterocycles. The molecule has 0 spiro atoms. The molecule has 2 N–H and O–H groups in total. The monoisotopic (exact) mass is 433 g/mol. The third-order valence-corrected chi connectivity index (χ3v) is 6.32. The molecule has 0 fully saturated rings. The van der Waals surface area contributed by atoms with Crippen LogP contribution in [0.1, 0.15) is 10.4 Å². The molecule has 0 amide bonds. The van der Waals surface area contributed by atoms with Crippen molar-refractivity contribution in [1.82, 2.24) is 0 Å². The van der Waals surface area contributed by atoms with Crippen LogP contribution in [-0.2, 0) is 10.0 Å². The van der Waals surface area contributed by atoms with Crippen molar-refractivity contribution in [2.75, 3.05) is 11.8 Å². The van der Waals surface area contributed by atoms with Gasteiger partial charge in [-0.2, -0.15) is 0 Å². The van der Waals surface area contributed by atoms with Crippen LogP contribution in [0.2, 0.25) is 0 Å². The maximum absolute atomic E-state index is 13.3. The molecule has 3 aromatic rings. The molecule has 0 atom stereocenters. The van der Waals surface area contributed by atoms with Crippen molar-refractivity contribution < 1.29 is 27.4 Å². The van der Waals surface area contributed by atoms with Gasteiger partial charge in [0.2, 0.25) is 0 Å². The molecule has 0 aliphatic carbocycles. The number of anilines is 1. The van der Waals surface area contributed by atoms with Crippen LogP contribution in [0.3, 0.4) is 0 Å². The number of rotatable bonds is 7. The number of carbonyl (C=O) groups is 1. The SMILES string of the molecule is COc1ccc(Sc2ccc(S(=O)(=O)Nc3cccc(F)c3)cc2C(=O)O)cc1. The number of carboxylic acid groups (broad SMARTS) is 1. The lowest BCUT2D eigenvalue weighted by molar-refractivity contribution is 0.0693. The number of methoxy groups -OCH3 is 1. The van der Waals surface area contributed by atoms with Gasteiger partial charge in [-0.1, -0.05) is 17.8 Å². The highest BCUT2D eigenvalue weighted by atomic mass is 32.2. The van der Waals surface area contributed by atoms with Crippen LogP contribution in [0.15, 0.2) is 81.4 Å². The van der Waals surface area contributed by atoms with Gasteiger partial charge in [-0.15, -0.1) is 0 Å². The molecule has 9 heteroatoms. The number of sulfonamides is 1. The first kappa shape index (κ1) is 20.7. The third kappa shape index (κ3) is 5.07. The number of nitrogens with one attached hydrogen (secondary N) is 1.